The predicted molar refractivity (Wildman–Crippen MR) is 101 cm³/mol. The maximum absolute atomic E-state index is 7.91. The van der Waals surface area contributed by atoms with Crippen LogP contribution in [0.1, 0.15) is 74.8 Å². The molecule has 3 nitrogen and oxygen atoms in total. The van der Waals surface area contributed by atoms with Crippen LogP contribution in [0.2, 0.25) is 0 Å². The third kappa shape index (κ3) is 4.05. The first-order valence-corrected chi connectivity index (χ1v) is 9.29. The summed E-state index contributed by atoms with van der Waals surface area (Å²) in [6.07, 6.45) is 9.54. The van der Waals surface area contributed by atoms with Crippen LogP contribution in [-0.4, -0.2) is 25.5 Å². The van der Waals surface area contributed by atoms with Gasteiger partial charge in [0.1, 0.15) is 6.79 Å². The van der Waals surface area contributed by atoms with E-state index in [1.54, 1.807) is 0 Å². The minimum Gasteiger partial charge on any atom is -0.359 e. The summed E-state index contributed by atoms with van der Waals surface area (Å²) in [4.78, 5) is 0. The minimum absolute atomic E-state index is 0.171. The molecule has 24 heavy (non-hydrogen) atoms. The van der Waals surface area contributed by atoms with E-state index in [2.05, 4.69) is 20.8 Å². The van der Waals surface area contributed by atoms with E-state index in [4.69, 9.17) is 23.4 Å². The molecule has 0 unspecified atom stereocenters. The number of rotatable bonds is 7. The van der Waals surface area contributed by atoms with E-state index in [-0.39, 0.29) is 11.3 Å². The Kier molecular flexibility index (Phi) is 4.23. The largest absolute Gasteiger partial charge is 0.359 e. The van der Waals surface area contributed by atoms with Gasteiger partial charge >= 0.3 is 0 Å². The van der Waals surface area contributed by atoms with Gasteiger partial charge < -0.3 is 15.2 Å². The van der Waals surface area contributed by atoms with Gasteiger partial charge in [0.2, 0.25) is 0 Å². The molecule has 3 heteroatoms. The molecule has 0 saturated heterocycles. The smallest absolute Gasteiger partial charge is 0.147 e. The van der Waals surface area contributed by atoms with Crippen LogP contribution in [0, 0.1) is 29.1 Å². The fourth-order valence-corrected chi connectivity index (χ4v) is 5.28. The fraction of sp³-hybridized carbons (Fsp3) is 0.905. The molecule has 0 bridgehead atoms. The van der Waals surface area contributed by atoms with E-state index >= 15 is 0 Å². The first-order chi connectivity index (χ1) is 13.7. The molecule has 6 atom stereocenters. The number of ether oxygens (including phenoxy) is 2. The molecule has 0 aromatic heterocycles. The zero-order valence-corrected chi connectivity index (χ0v) is 15.7. The van der Waals surface area contributed by atoms with Gasteiger partial charge in [-0.25, -0.2) is 0 Å². The van der Waals surface area contributed by atoms with E-state index < -0.39 is 32.1 Å². The summed E-state index contributed by atoms with van der Waals surface area (Å²) in [5.41, 5.74) is 3.95. The Morgan fingerprint density at radius 1 is 1.33 bits per heavy atom. The molecule has 0 aromatic rings. The Morgan fingerprint density at radius 2 is 2.08 bits per heavy atom. The van der Waals surface area contributed by atoms with Gasteiger partial charge in [0.05, 0.1) is 11.6 Å². The lowest BCUT2D eigenvalue weighted by molar-refractivity contribution is -0.118. The highest BCUT2D eigenvalue weighted by Gasteiger charge is 2.50. The molecule has 0 radical (unpaired) electrons. The monoisotopic (exact) mass is 343 g/mol. The molecule has 2 aliphatic carbocycles. The number of allylic oxidation sites excluding steroid dienone is 1. The molecule has 0 heterocycles. The lowest BCUT2D eigenvalue weighted by atomic mass is 9.60. The van der Waals surface area contributed by atoms with Crippen LogP contribution >= 0.6 is 0 Å². The van der Waals surface area contributed by atoms with Gasteiger partial charge in [-0.3, -0.25) is 0 Å². The van der Waals surface area contributed by atoms with Crippen molar-refractivity contribution in [2.75, 3.05) is 13.9 Å². The van der Waals surface area contributed by atoms with Crippen LogP contribution in [-0.2, 0) is 9.47 Å². The Bertz CT molecular complexity index is 591. The maximum Gasteiger partial charge on any atom is 0.147 e. The average molecular weight is 344 g/mol. The summed E-state index contributed by atoms with van der Waals surface area (Å²) < 4.78 is 57.6. The quantitative estimate of drug-likeness (QED) is 0.535. The molecule has 0 aromatic carbocycles. The maximum atomic E-state index is 7.91. The zero-order chi connectivity index (χ0) is 23.0. The number of fused-ring (bicyclic) bond motifs is 1. The minimum atomic E-state index is -2.95. The van der Waals surface area contributed by atoms with Crippen molar-refractivity contribution in [1.29, 1.82) is 0 Å². The summed E-state index contributed by atoms with van der Waals surface area (Å²) in [7, 11) is 1.32. The fourth-order valence-electron chi connectivity index (χ4n) is 5.28. The van der Waals surface area contributed by atoms with Crippen molar-refractivity contribution in [3.05, 3.63) is 12.2 Å². The SMILES string of the molecule is [2H]C([2H])([2H])C(OCOC)([C@@H](N)/C=C/[C@@H](C)[C@H]1CC[C@H]2[C@@H](C)CCC[C@]12C)C([2H])([2H])[2H]. The molecule has 0 spiro atoms. The van der Waals surface area contributed by atoms with Crippen LogP contribution < -0.4 is 5.73 Å². The second kappa shape index (κ2) is 7.88. The molecule has 2 fully saturated rings. The Balaban J connectivity index is 2.27. The summed E-state index contributed by atoms with van der Waals surface area (Å²) in [6.45, 7) is 0.512. The molecule has 0 amide bonds. The van der Waals surface area contributed by atoms with Gasteiger partial charge in [-0.05, 0) is 62.1 Å². The molecule has 2 aliphatic rings. The number of hydrogen-bond acceptors (Lipinski definition) is 3. The highest BCUT2D eigenvalue weighted by Crippen LogP contribution is 2.59. The second-order valence-electron chi connectivity index (χ2n) is 8.22. The van der Waals surface area contributed by atoms with E-state index in [1.807, 2.05) is 6.08 Å². The molecule has 2 rings (SSSR count). The van der Waals surface area contributed by atoms with Crippen molar-refractivity contribution in [2.45, 2.75) is 78.2 Å². The highest BCUT2D eigenvalue weighted by atomic mass is 16.7. The van der Waals surface area contributed by atoms with Gasteiger partial charge in [0.15, 0.2) is 0 Å². The lowest BCUT2D eigenvalue weighted by Crippen LogP contribution is -2.44. The molecule has 2 N–H and O–H groups in total. The topological polar surface area (TPSA) is 44.5 Å². The summed E-state index contributed by atoms with van der Waals surface area (Å²) >= 11 is 0. The van der Waals surface area contributed by atoms with E-state index in [9.17, 15) is 0 Å². The van der Waals surface area contributed by atoms with Crippen molar-refractivity contribution < 1.29 is 17.7 Å². The molecular formula is C21H39NO2. The van der Waals surface area contributed by atoms with E-state index in [0.29, 0.717) is 5.92 Å². The standard InChI is InChI=1S/C21H39NO2/c1-15-8-7-13-21(5)17(15)10-11-18(21)16(2)9-12-19(22)20(3,4)24-14-23-6/h9,12,15-19H,7-8,10-11,13-14,22H2,1-6H3/b12-9+/t15-,16+,17-,18+,19-,21-/m0/s1/i3D3,4D3. The van der Waals surface area contributed by atoms with Crippen LogP contribution in [0.3, 0.4) is 0 Å². The third-order valence-corrected chi connectivity index (χ3v) is 6.68. The van der Waals surface area contributed by atoms with Crippen LogP contribution in [0.15, 0.2) is 12.2 Å². The van der Waals surface area contributed by atoms with Crippen LogP contribution in [0.5, 0.6) is 0 Å². The Morgan fingerprint density at radius 3 is 2.75 bits per heavy atom. The number of hydrogen-bond donors (Lipinski definition) is 1. The van der Waals surface area contributed by atoms with Crippen molar-refractivity contribution >= 4 is 0 Å². The first-order valence-electron chi connectivity index (χ1n) is 12.3. The van der Waals surface area contributed by atoms with Gasteiger partial charge in [0.25, 0.3) is 0 Å². The summed E-state index contributed by atoms with van der Waals surface area (Å²) in [5.74, 6) is 2.09. The lowest BCUT2D eigenvalue weighted by Gasteiger charge is -2.45. The van der Waals surface area contributed by atoms with Crippen LogP contribution in [0.25, 0.3) is 0 Å². The van der Waals surface area contributed by atoms with Crippen molar-refractivity contribution in [3.8, 4) is 0 Å². The molecule has 0 aliphatic heterocycles. The second-order valence-corrected chi connectivity index (χ2v) is 8.22. The van der Waals surface area contributed by atoms with Crippen LogP contribution in [0.4, 0.5) is 0 Å². The van der Waals surface area contributed by atoms with E-state index in [0.717, 1.165) is 18.3 Å². The van der Waals surface area contributed by atoms with Gasteiger partial charge in [-0.15, -0.1) is 0 Å². The average Bonchev–Trinajstić information content (AvgIpc) is 2.96. The van der Waals surface area contributed by atoms with Gasteiger partial charge in [-0.2, -0.15) is 0 Å². The summed E-state index contributed by atoms with van der Waals surface area (Å²) in [6, 6.07) is -1.33. The van der Waals surface area contributed by atoms with Crippen molar-refractivity contribution in [2.24, 2.45) is 34.8 Å². The third-order valence-electron chi connectivity index (χ3n) is 6.68. The van der Waals surface area contributed by atoms with Crippen molar-refractivity contribution in [1.82, 2.24) is 0 Å². The Labute approximate surface area is 157 Å². The number of nitrogens with two attached hydrogens (primary N) is 1. The highest BCUT2D eigenvalue weighted by molar-refractivity contribution is 5.07. The van der Waals surface area contributed by atoms with Gasteiger partial charge in [-0.1, -0.05) is 45.8 Å². The van der Waals surface area contributed by atoms with Gasteiger partial charge in [0, 0.05) is 15.3 Å². The van der Waals surface area contributed by atoms with Crippen molar-refractivity contribution in [3.63, 3.8) is 0 Å². The molecule has 2 saturated carbocycles. The first kappa shape index (κ1) is 12.9. The zero-order valence-electron chi connectivity index (χ0n) is 21.7. The molecular weight excluding hydrogens is 298 g/mol. The summed E-state index contributed by atoms with van der Waals surface area (Å²) in [5, 5.41) is 0. The predicted octanol–water partition coefficient (Wildman–Crippen LogP) is 4.76. The Hall–Kier alpha value is -0.380. The molecule has 140 valence electrons. The number of methoxy groups -OCH3 is 1. The normalized spacial score (nSPS) is 41.5. The van der Waals surface area contributed by atoms with E-state index in [1.165, 1.54) is 38.9 Å².